The third-order valence-corrected chi connectivity index (χ3v) is 2.75. The van der Waals surface area contributed by atoms with Crippen LogP contribution in [0.25, 0.3) is 0 Å². The van der Waals surface area contributed by atoms with Gasteiger partial charge in [-0.15, -0.1) is 0 Å². The Bertz CT molecular complexity index is 285. The predicted octanol–water partition coefficient (Wildman–Crippen LogP) is 0.665. The molecule has 86 valence electrons. The Labute approximate surface area is 91.5 Å². The third-order valence-electron chi connectivity index (χ3n) is 2.75. The van der Waals surface area contributed by atoms with Gasteiger partial charge in [0.1, 0.15) is 0 Å². The molecule has 0 fully saturated rings. The molecule has 1 aromatic heterocycles. The largest absolute Gasteiger partial charge is 0.395 e. The van der Waals surface area contributed by atoms with Gasteiger partial charge in [0.15, 0.2) is 0 Å². The Morgan fingerprint density at radius 3 is 2.87 bits per heavy atom. The van der Waals surface area contributed by atoms with Gasteiger partial charge in [0.25, 0.3) is 0 Å². The highest BCUT2D eigenvalue weighted by molar-refractivity contribution is 5.03. The van der Waals surface area contributed by atoms with Crippen molar-refractivity contribution in [2.45, 2.75) is 25.8 Å². The van der Waals surface area contributed by atoms with Crippen LogP contribution in [0.3, 0.4) is 0 Å². The molecular formula is C11H21N3O. The summed E-state index contributed by atoms with van der Waals surface area (Å²) in [7, 11) is 3.98. The van der Waals surface area contributed by atoms with E-state index in [0.717, 1.165) is 19.4 Å². The van der Waals surface area contributed by atoms with Crippen LogP contribution < -0.4 is 0 Å². The lowest BCUT2D eigenvalue weighted by Crippen LogP contribution is -2.32. The lowest BCUT2D eigenvalue weighted by molar-refractivity contribution is 0.158. The van der Waals surface area contributed by atoms with E-state index in [4.69, 9.17) is 5.11 Å². The quantitative estimate of drug-likeness (QED) is 0.752. The number of likely N-dealkylation sites (N-methyl/N-ethyl adjacent to an activating group) is 1. The first-order valence-electron chi connectivity index (χ1n) is 5.42. The number of aliphatic hydroxyl groups excluding tert-OH is 1. The van der Waals surface area contributed by atoms with Crippen LogP contribution in [0.1, 0.15) is 18.9 Å². The number of hydrogen-bond donors (Lipinski definition) is 1. The normalized spacial score (nSPS) is 13.4. The maximum atomic E-state index is 8.97. The molecule has 1 aromatic rings. The van der Waals surface area contributed by atoms with Gasteiger partial charge in [0, 0.05) is 19.3 Å². The molecule has 0 spiro atoms. The Balaban J connectivity index is 2.21. The van der Waals surface area contributed by atoms with Crippen molar-refractivity contribution < 1.29 is 5.11 Å². The maximum absolute atomic E-state index is 8.97. The zero-order valence-corrected chi connectivity index (χ0v) is 9.85. The first-order chi connectivity index (χ1) is 7.13. The van der Waals surface area contributed by atoms with Gasteiger partial charge in [-0.3, -0.25) is 4.68 Å². The fourth-order valence-electron chi connectivity index (χ4n) is 1.49. The molecule has 1 rings (SSSR count). The highest BCUT2D eigenvalue weighted by Crippen LogP contribution is 2.03. The van der Waals surface area contributed by atoms with Crippen LogP contribution in [-0.2, 0) is 13.5 Å². The molecule has 1 heterocycles. The van der Waals surface area contributed by atoms with Gasteiger partial charge in [-0.05, 0) is 38.9 Å². The molecule has 0 radical (unpaired) electrons. The monoisotopic (exact) mass is 211 g/mol. The van der Waals surface area contributed by atoms with Crippen LogP contribution in [-0.4, -0.2) is 46.0 Å². The molecule has 1 unspecified atom stereocenters. The molecule has 0 amide bonds. The summed E-state index contributed by atoms with van der Waals surface area (Å²) < 4.78 is 1.83. The average molecular weight is 211 g/mol. The van der Waals surface area contributed by atoms with Crippen LogP contribution in [0.4, 0.5) is 0 Å². The van der Waals surface area contributed by atoms with E-state index in [2.05, 4.69) is 16.2 Å². The van der Waals surface area contributed by atoms with E-state index in [9.17, 15) is 0 Å². The van der Waals surface area contributed by atoms with Crippen LogP contribution in [0.15, 0.2) is 12.4 Å². The fourth-order valence-corrected chi connectivity index (χ4v) is 1.49. The van der Waals surface area contributed by atoms with Crippen LogP contribution in [0.2, 0.25) is 0 Å². The van der Waals surface area contributed by atoms with Gasteiger partial charge < -0.3 is 10.0 Å². The van der Waals surface area contributed by atoms with Gasteiger partial charge in [-0.25, -0.2) is 0 Å². The van der Waals surface area contributed by atoms with Crippen LogP contribution >= 0.6 is 0 Å². The molecule has 15 heavy (non-hydrogen) atoms. The maximum Gasteiger partial charge on any atom is 0.0584 e. The molecule has 0 aliphatic heterocycles. The second-order valence-electron chi connectivity index (χ2n) is 4.14. The molecule has 0 saturated heterocycles. The Morgan fingerprint density at radius 2 is 2.33 bits per heavy atom. The zero-order chi connectivity index (χ0) is 11.3. The van der Waals surface area contributed by atoms with E-state index in [0.29, 0.717) is 0 Å². The third kappa shape index (κ3) is 4.01. The number of hydrogen-bond acceptors (Lipinski definition) is 3. The summed E-state index contributed by atoms with van der Waals surface area (Å²) in [6.07, 6.45) is 6.12. The summed E-state index contributed by atoms with van der Waals surface area (Å²) in [5.74, 6) is 0. The Hall–Kier alpha value is -0.870. The Morgan fingerprint density at radius 1 is 1.60 bits per heavy atom. The zero-order valence-electron chi connectivity index (χ0n) is 9.85. The lowest BCUT2D eigenvalue weighted by atomic mass is 10.2. The molecule has 0 aliphatic carbocycles. The van der Waals surface area contributed by atoms with Crippen molar-refractivity contribution in [2.24, 2.45) is 7.05 Å². The number of rotatable bonds is 6. The van der Waals surface area contributed by atoms with Crippen molar-refractivity contribution in [3.63, 3.8) is 0 Å². The minimum absolute atomic E-state index is 0.226. The van der Waals surface area contributed by atoms with Crippen LogP contribution in [0.5, 0.6) is 0 Å². The minimum atomic E-state index is 0.226. The number of aliphatic hydroxyl groups is 1. The van der Waals surface area contributed by atoms with Gasteiger partial charge in [-0.1, -0.05) is 0 Å². The smallest absolute Gasteiger partial charge is 0.0584 e. The van der Waals surface area contributed by atoms with Gasteiger partial charge in [0.05, 0.1) is 12.8 Å². The standard InChI is InChI=1S/C11H21N3O/c1-10(9-15)13(2)6-4-5-11-7-12-14(3)8-11/h7-8,10,15H,4-6,9H2,1-3H3. The molecule has 1 atom stereocenters. The van der Waals surface area contributed by atoms with Crippen molar-refractivity contribution in [3.05, 3.63) is 18.0 Å². The fraction of sp³-hybridized carbons (Fsp3) is 0.727. The number of aromatic nitrogens is 2. The topological polar surface area (TPSA) is 41.3 Å². The number of aryl methyl sites for hydroxylation is 2. The van der Waals surface area contributed by atoms with Crippen molar-refractivity contribution >= 4 is 0 Å². The van der Waals surface area contributed by atoms with Crippen molar-refractivity contribution in [1.82, 2.24) is 14.7 Å². The second kappa shape index (κ2) is 5.88. The molecule has 0 saturated carbocycles. The first kappa shape index (κ1) is 12.2. The van der Waals surface area contributed by atoms with E-state index < -0.39 is 0 Å². The highest BCUT2D eigenvalue weighted by atomic mass is 16.3. The van der Waals surface area contributed by atoms with E-state index >= 15 is 0 Å². The van der Waals surface area contributed by atoms with Gasteiger partial charge in [0.2, 0.25) is 0 Å². The molecule has 4 nitrogen and oxygen atoms in total. The van der Waals surface area contributed by atoms with Crippen LogP contribution in [0, 0.1) is 0 Å². The van der Waals surface area contributed by atoms with E-state index in [1.54, 1.807) is 0 Å². The lowest BCUT2D eigenvalue weighted by Gasteiger charge is -2.22. The van der Waals surface area contributed by atoms with E-state index in [1.165, 1.54) is 5.56 Å². The summed E-state index contributed by atoms with van der Waals surface area (Å²) in [6.45, 7) is 3.27. The summed E-state index contributed by atoms with van der Waals surface area (Å²) >= 11 is 0. The van der Waals surface area contributed by atoms with Crippen molar-refractivity contribution in [1.29, 1.82) is 0 Å². The number of nitrogens with zero attached hydrogens (tertiary/aromatic N) is 3. The minimum Gasteiger partial charge on any atom is -0.395 e. The summed E-state index contributed by atoms with van der Waals surface area (Å²) in [6, 6.07) is 0.249. The van der Waals surface area contributed by atoms with Gasteiger partial charge >= 0.3 is 0 Å². The molecule has 0 aromatic carbocycles. The van der Waals surface area contributed by atoms with Crippen molar-refractivity contribution in [3.8, 4) is 0 Å². The van der Waals surface area contributed by atoms with E-state index in [-0.39, 0.29) is 12.6 Å². The first-order valence-corrected chi connectivity index (χ1v) is 5.42. The second-order valence-corrected chi connectivity index (χ2v) is 4.14. The summed E-state index contributed by atoms with van der Waals surface area (Å²) in [4.78, 5) is 2.18. The van der Waals surface area contributed by atoms with Gasteiger partial charge in [-0.2, -0.15) is 5.10 Å². The average Bonchev–Trinajstić information content (AvgIpc) is 2.63. The van der Waals surface area contributed by atoms with Crippen molar-refractivity contribution in [2.75, 3.05) is 20.2 Å². The highest BCUT2D eigenvalue weighted by Gasteiger charge is 2.06. The van der Waals surface area contributed by atoms with E-state index in [1.807, 2.05) is 31.9 Å². The SMILES string of the molecule is CC(CO)N(C)CCCc1cnn(C)c1. The molecule has 0 bridgehead atoms. The molecule has 4 heteroatoms. The summed E-state index contributed by atoms with van der Waals surface area (Å²) in [5, 5.41) is 13.1. The summed E-state index contributed by atoms with van der Waals surface area (Å²) in [5.41, 5.74) is 1.28. The predicted molar refractivity (Wildman–Crippen MR) is 60.7 cm³/mol. The molecule has 0 aliphatic rings. The molecular weight excluding hydrogens is 190 g/mol. The molecule has 1 N–H and O–H groups in total. The Kier molecular flexibility index (Phi) is 4.78.